The highest BCUT2D eigenvalue weighted by atomic mass is 79.9. The Morgan fingerprint density at radius 1 is 1.18 bits per heavy atom. The molecule has 0 nitrogen and oxygen atoms in total. The second-order valence-electron chi connectivity index (χ2n) is 4.15. The lowest BCUT2D eigenvalue weighted by molar-refractivity contribution is 0.589. The zero-order chi connectivity index (χ0) is 12.1. The molecule has 0 aliphatic carbocycles. The van der Waals surface area contributed by atoms with Crippen molar-refractivity contribution in [2.45, 2.75) is 12.8 Å². The molecule has 0 saturated heterocycles. The number of rotatable bonds is 5. The Labute approximate surface area is 120 Å². The van der Waals surface area contributed by atoms with Gasteiger partial charge in [-0.1, -0.05) is 30.3 Å². The number of thiophene rings is 1. The molecule has 3 heteroatoms. The minimum absolute atomic E-state index is 0.518. The molecule has 90 valence electrons. The van der Waals surface area contributed by atoms with Crippen molar-refractivity contribution in [1.29, 1.82) is 0 Å². The Bertz CT molecular complexity index is 452. The Balaban J connectivity index is 1.98. The lowest BCUT2D eigenvalue weighted by Crippen LogP contribution is -2.09. The minimum atomic E-state index is 0.518. The number of halogens is 2. The molecular formula is C14H14BrClS. The number of hydrogen-bond donors (Lipinski definition) is 0. The van der Waals surface area contributed by atoms with Gasteiger partial charge in [-0.3, -0.25) is 0 Å². The van der Waals surface area contributed by atoms with Crippen molar-refractivity contribution in [2.75, 3.05) is 5.88 Å². The third-order valence-electron chi connectivity index (χ3n) is 2.70. The monoisotopic (exact) mass is 328 g/mol. The van der Waals surface area contributed by atoms with Crippen LogP contribution in [0.25, 0.3) is 0 Å². The minimum Gasteiger partial charge on any atom is -0.148 e. The second kappa shape index (κ2) is 6.58. The Morgan fingerprint density at radius 3 is 2.53 bits per heavy atom. The quantitative estimate of drug-likeness (QED) is 0.665. The van der Waals surface area contributed by atoms with Gasteiger partial charge in [0, 0.05) is 20.6 Å². The summed E-state index contributed by atoms with van der Waals surface area (Å²) in [6.07, 6.45) is 2.12. The molecule has 0 spiro atoms. The van der Waals surface area contributed by atoms with Crippen LogP contribution in [0, 0.1) is 5.92 Å². The fourth-order valence-corrected chi connectivity index (χ4v) is 3.66. The number of alkyl halides is 1. The van der Waals surface area contributed by atoms with Gasteiger partial charge in [0.1, 0.15) is 0 Å². The van der Waals surface area contributed by atoms with E-state index in [-0.39, 0.29) is 0 Å². The van der Waals surface area contributed by atoms with Crippen molar-refractivity contribution >= 4 is 38.9 Å². The standard InChI is InChI=1S/C14H14BrClS/c15-13-8-14(17-10-13)7-12(9-16)6-11-4-2-1-3-5-11/h1-5,8,10,12H,6-7,9H2. The van der Waals surface area contributed by atoms with Crippen LogP contribution in [-0.2, 0) is 12.8 Å². The third-order valence-corrected chi connectivity index (χ3v) is 4.85. The van der Waals surface area contributed by atoms with E-state index >= 15 is 0 Å². The first-order valence-electron chi connectivity index (χ1n) is 5.60. The molecular weight excluding hydrogens is 316 g/mol. The van der Waals surface area contributed by atoms with Gasteiger partial charge in [0.05, 0.1) is 0 Å². The fraction of sp³-hybridized carbons (Fsp3) is 0.286. The maximum absolute atomic E-state index is 6.07. The van der Waals surface area contributed by atoms with Crippen molar-refractivity contribution in [2.24, 2.45) is 5.92 Å². The Hall–Kier alpha value is -0.310. The summed E-state index contributed by atoms with van der Waals surface area (Å²) in [4.78, 5) is 1.40. The molecule has 1 heterocycles. The molecule has 2 rings (SSSR count). The van der Waals surface area contributed by atoms with Gasteiger partial charge < -0.3 is 0 Å². The van der Waals surface area contributed by atoms with Crippen LogP contribution < -0.4 is 0 Å². The van der Waals surface area contributed by atoms with E-state index in [0.29, 0.717) is 11.8 Å². The number of benzene rings is 1. The Kier molecular flexibility index (Phi) is 5.08. The van der Waals surface area contributed by atoms with Crippen molar-refractivity contribution in [1.82, 2.24) is 0 Å². The summed E-state index contributed by atoms with van der Waals surface area (Å²) >= 11 is 11.4. The van der Waals surface area contributed by atoms with Crippen molar-refractivity contribution in [3.8, 4) is 0 Å². The molecule has 1 aromatic carbocycles. The maximum Gasteiger partial charge on any atom is 0.0285 e. The smallest absolute Gasteiger partial charge is 0.0285 e. The topological polar surface area (TPSA) is 0 Å². The van der Waals surface area contributed by atoms with Crippen molar-refractivity contribution < 1.29 is 0 Å². The second-order valence-corrected chi connectivity index (χ2v) is 6.37. The van der Waals surface area contributed by atoms with Crippen LogP contribution >= 0.6 is 38.9 Å². The number of hydrogen-bond acceptors (Lipinski definition) is 1. The maximum atomic E-state index is 6.07. The molecule has 1 atom stereocenters. The highest BCUT2D eigenvalue weighted by Gasteiger charge is 2.11. The van der Waals surface area contributed by atoms with Crippen molar-refractivity contribution in [3.63, 3.8) is 0 Å². The van der Waals surface area contributed by atoms with E-state index < -0.39 is 0 Å². The molecule has 0 aliphatic rings. The van der Waals surface area contributed by atoms with Crippen LogP contribution in [0.1, 0.15) is 10.4 Å². The van der Waals surface area contributed by atoms with Crippen LogP contribution in [0.4, 0.5) is 0 Å². The van der Waals surface area contributed by atoms with Gasteiger partial charge in [-0.05, 0) is 46.3 Å². The lowest BCUT2D eigenvalue weighted by Gasteiger charge is -2.12. The third kappa shape index (κ3) is 4.13. The fourth-order valence-electron chi connectivity index (χ4n) is 1.87. The largest absolute Gasteiger partial charge is 0.148 e. The summed E-state index contributed by atoms with van der Waals surface area (Å²) in [5.74, 6) is 1.23. The van der Waals surface area contributed by atoms with Gasteiger partial charge in [-0.15, -0.1) is 22.9 Å². The van der Waals surface area contributed by atoms with E-state index in [4.69, 9.17) is 11.6 Å². The first kappa shape index (κ1) is 13.1. The summed E-state index contributed by atoms with van der Waals surface area (Å²) in [5.41, 5.74) is 1.37. The van der Waals surface area contributed by atoms with Gasteiger partial charge >= 0.3 is 0 Å². The normalized spacial score (nSPS) is 12.6. The van der Waals surface area contributed by atoms with Crippen LogP contribution in [0.15, 0.2) is 46.3 Å². The van der Waals surface area contributed by atoms with Crippen LogP contribution in [0.5, 0.6) is 0 Å². The van der Waals surface area contributed by atoms with Gasteiger partial charge in [-0.2, -0.15) is 0 Å². The van der Waals surface area contributed by atoms with E-state index in [2.05, 4.69) is 57.7 Å². The molecule has 0 bridgehead atoms. The zero-order valence-electron chi connectivity index (χ0n) is 9.40. The summed E-state index contributed by atoms with van der Waals surface area (Å²) in [5, 5.41) is 2.13. The highest BCUT2D eigenvalue weighted by molar-refractivity contribution is 9.10. The van der Waals surface area contributed by atoms with E-state index in [1.165, 1.54) is 14.9 Å². The average molecular weight is 330 g/mol. The molecule has 1 unspecified atom stereocenters. The van der Waals surface area contributed by atoms with Crippen LogP contribution in [0.2, 0.25) is 0 Å². The molecule has 0 radical (unpaired) electrons. The molecule has 0 aliphatic heterocycles. The molecule has 0 N–H and O–H groups in total. The van der Waals surface area contributed by atoms with E-state index in [1.807, 2.05) is 0 Å². The summed E-state index contributed by atoms with van der Waals surface area (Å²) in [6, 6.07) is 12.8. The van der Waals surface area contributed by atoms with Gasteiger partial charge in [-0.25, -0.2) is 0 Å². The Morgan fingerprint density at radius 2 is 1.94 bits per heavy atom. The molecule has 0 fully saturated rings. The highest BCUT2D eigenvalue weighted by Crippen LogP contribution is 2.24. The van der Waals surface area contributed by atoms with E-state index in [9.17, 15) is 0 Å². The average Bonchev–Trinajstić information content (AvgIpc) is 2.75. The lowest BCUT2D eigenvalue weighted by atomic mass is 9.97. The predicted octanol–water partition coefficient (Wildman–Crippen LogP) is 5.15. The van der Waals surface area contributed by atoms with Crippen LogP contribution in [0.3, 0.4) is 0 Å². The van der Waals surface area contributed by atoms with E-state index in [1.54, 1.807) is 11.3 Å². The summed E-state index contributed by atoms with van der Waals surface area (Å²) in [7, 11) is 0. The summed E-state index contributed by atoms with van der Waals surface area (Å²) < 4.78 is 1.17. The zero-order valence-corrected chi connectivity index (χ0v) is 12.6. The van der Waals surface area contributed by atoms with Gasteiger partial charge in [0.25, 0.3) is 0 Å². The summed E-state index contributed by atoms with van der Waals surface area (Å²) in [6.45, 7) is 0. The van der Waals surface area contributed by atoms with Crippen LogP contribution in [-0.4, -0.2) is 5.88 Å². The van der Waals surface area contributed by atoms with Gasteiger partial charge in [0.2, 0.25) is 0 Å². The predicted molar refractivity (Wildman–Crippen MR) is 80.1 cm³/mol. The van der Waals surface area contributed by atoms with Gasteiger partial charge in [0.15, 0.2) is 0 Å². The van der Waals surface area contributed by atoms with E-state index in [0.717, 1.165) is 12.8 Å². The molecule has 2 aromatic rings. The molecule has 17 heavy (non-hydrogen) atoms. The van der Waals surface area contributed by atoms with Crippen molar-refractivity contribution in [3.05, 3.63) is 56.7 Å². The first-order valence-corrected chi connectivity index (χ1v) is 7.81. The molecule has 0 saturated carbocycles. The SMILES string of the molecule is ClCC(Cc1ccccc1)Cc1cc(Br)cs1. The molecule has 0 amide bonds. The first-order chi connectivity index (χ1) is 8.28. The molecule has 1 aromatic heterocycles.